The molecule has 6 heteroatoms. The number of nitrogen functional groups attached to an aromatic ring is 1. The van der Waals surface area contributed by atoms with Crippen molar-refractivity contribution in [2.75, 3.05) is 5.73 Å². The molecule has 2 heterocycles. The highest BCUT2D eigenvalue weighted by molar-refractivity contribution is 5.47. The van der Waals surface area contributed by atoms with E-state index < -0.39 is 0 Å². The Bertz CT molecular complexity index is 531. The van der Waals surface area contributed by atoms with E-state index in [0.717, 1.165) is 30.1 Å². The third kappa shape index (κ3) is 1.98. The molecule has 0 saturated carbocycles. The molecule has 2 aromatic heterocycles. The van der Waals surface area contributed by atoms with Crippen molar-refractivity contribution in [3.63, 3.8) is 0 Å². The largest absolute Gasteiger partial charge is 0.383 e. The molecule has 0 amide bonds. The van der Waals surface area contributed by atoms with Gasteiger partial charge in [-0.1, -0.05) is 13.8 Å². The van der Waals surface area contributed by atoms with E-state index in [0.29, 0.717) is 11.6 Å². The van der Waals surface area contributed by atoms with Gasteiger partial charge < -0.3 is 5.73 Å². The summed E-state index contributed by atoms with van der Waals surface area (Å²) in [7, 11) is 0. The lowest BCUT2D eigenvalue weighted by molar-refractivity contribution is 0.760. The van der Waals surface area contributed by atoms with Crippen molar-refractivity contribution in [3.8, 4) is 5.82 Å². The fraction of sp³-hybridized carbons (Fsp3) is 0.455. The Balaban J connectivity index is 2.59. The zero-order valence-electron chi connectivity index (χ0n) is 10.3. The van der Waals surface area contributed by atoms with Gasteiger partial charge in [0.15, 0.2) is 11.6 Å². The minimum atomic E-state index is 0.477. The standard InChI is InChI=1S/C11H16N6/c1-4-8-15-9(5-2)17(16-8)11-7(3)10(12)13-6-14-11/h6H,4-5H2,1-3H3,(H2,12,13,14). The molecule has 0 aliphatic carbocycles. The van der Waals surface area contributed by atoms with E-state index >= 15 is 0 Å². The summed E-state index contributed by atoms with van der Waals surface area (Å²) in [5.41, 5.74) is 6.60. The molecule has 2 N–H and O–H groups in total. The smallest absolute Gasteiger partial charge is 0.163 e. The van der Waals surface area contributed by atoms with Crippen LogP contribution in [0, 0.1) is 6.92 Å². The van der Waals surface area contributed by atoms with Gasteiger partial charge in [-0.15, -0.1) is 5.10 Å². The van der Waals surface area contributed by atoms with Crippen LogP contribution >= 0.6 is 0 Å². The molecule has 0 spiro atoms. The summed E-state index contributed by atoms with van der Waals surface area (Å²) in [6.45, 7) is 5.96. The average molecular weight is 232 g/mol. The molecule has 0 saturated heterocycles. The summed E-state index contributed by atoms with van der Waals surface area (Å²) in [6.07, 6.45) is 3.06. The first kappa shape index (κ1) is 11.5. The van der Waals surface area contributed by atoms with Crippen molar-refractivity contribution in [2.45, 2.75) is 33.6 Å². The Morgan fingerprint density at radius 3 is 2.65 bits per heavy atom. The summed E-state index contributed by atoms with van der Waals surface area (Å²) in [6, 6.07) is 0. The maximum absolute atomic E-state index is 5.78. The maximum atomic E-state index is 5.78. The molecule has 0 aromatic carbocycles. The first-order valence-electron chi connectivity index (χ1n) is 5.69. The minimum absolute atomic E-state index is 0.477. The molecule has 90 valence electrons. The normalized spacial score (nSPS) is 10.8. The molecule has 6 nitrogen and oxygen atoms in total. The third-order valence-electron chi connectivity index (χ3n) is 2.65. The van der Waals surface area contributed by atoms with Crippen molar-refractivity contribution in [2.24, 2.45) is 0 Å². The Hall–Kier alpha value is -1.98. The molecule has 2 aromatic rings. The van der Waals surface area contributed by atoms with E-state index in [2.05, 4.69) is 20.1 Å². The number of aromatic nitrogens is 5. The lowest BCUT2D eigenvalue weighted by atomic mass is 10.3. The Morgan fingerprint density at radius 2 is 2.00 bits per heavy atom. The fourth-order valence-corrected chi connectivity index (χ4v) is 1.61. The topological polar surface area (TPSA) is 82.5 Å². The van der Waals surface area contributed by atoms with Gasteiger partial charge in [-0.3, -0.25) is 0 Å². The second-order valence-electron chi connectivity index (χ2n) is 3.77. The highest BCUT2D eigenvalue weighted by Crippen LogP contribution is 2.16. The highest BCUT2D eigenvalue weighted by Gasteiger charge is 2.13. The first-order valence-corrected chi connectivity index (χ1v) is 5.69. The quantitative estimate of drug-likeness (QED) is 0.856. The molecule has 0 radical (unpaired) electrons. The molecule has 0 atom stereocenters. The third-order valence-corrected chi connectivity index (χ3v) is 2.65. The van der Waals surface area contributed by atoms with Crippen molar-refractivity contribution in [1.29, 1.82) is 0 Å². The van der Waals surface area contributed by atoms with E-state index in [1.165, 1.54) is 6.33 Å². The second-order valence-corrected chi connectivity index (χ2v) is 3.77. The van der Waals surface area contributed by atoms with Crippen molar-refractivity contribution < 1.29 is 0 Å². The van der Waals surface area contributed by atoms with Crippen LogP contribution in [0.3, 0.4) is 0 Å². The van der Waals surface area contributed by atoms with Crippen LogP contribution in [0.5, 0.6) is 0 Å². The average Bonchev–Trinajstić information content (AvgIpc) is 2.76. The number of anilines is 1. The van der Waals surface area contributed by atoms with Gasteiger partial charge in [0.1, 0.15) is 18.0 Å². The SMILES string of the molecule is CCc1nc(CC)n(-c2ncnc(N)c2C)n1. The van der Waals surface area contributed by atoms with Crippen LogP contribution < -0.4 is 5.73 Å². The molecule has 0 aliphatic rings. The van der Waals surface area contributed by atoms with Gasteiger partial charge in [-0.2, -0.15) is 4.68 Å². The van der Waals surface area contributed by atoms with Crippen LogP contribution in [0.1, 0.15) is 31.1 Å². The molecule has 17 heavy (non-hydrogen) atoms. The van der Waals surface area contributed by atoms with Crippen LogP contribution in [0.4, 0.5) is 5.82 Å². The summed E-state index contributed by atoms with van der Waals surface area (Å²) in [5.74, 6) is 2.90. The van der Waals surface area contributed by atoms with Crippen LogP contribution in [0.15, 0.2) is 6.33 Å². The minimum Gasteiger partial charge on any atom is -0.383 e. The highest BCUT2D eigenvalue weighted by atomic mass is 15.4. The lowest BCUT2D eigenvalue weighted by Gasteiger charge is -2.07. The number of hydrogen-bond donors (Lipinski definition) is 1. The van der Waals surface area contributed by atoms with Gasteiger partial charge in [-0.25, -0.2) is 15.0 Å². The van der Waals surface area contributed by atoms with Crippen molar-refractivity contribution in [1.82, 2.24) is 24.7 Å². The fourth-order valence-electron chi connectivity index (χ4n) is 1.61. The molecule has 0 fully saturated rings. The van der Waals surface area contributed by atoms with Gasteiger partial charge in [0.2, 0.25) is 0 Å². The molecule has 0 bridgehead atoms. The lowest BCUT2D eigenvalue weighted by Crippen LogP contribution is -2.09. The van der Waals surface area contributed by atoms with Gasteiger partial charge in [0.25, 0.3) is 0 Å². The predicted molar refractivity (Wildman–Crippen MR) is 64.9 cm³/mol. The Labute approximate surface area is 99.9 Å². The summed E-state index contributed by atoms with van der Waals surface area (Å²) in [4.78, 5) is 12.6. The van der Waals surface area contributed by atoms with Gasteiger partial charge >= 0.3 is 0 Å². The van der Waals surface area contributed by atoms with E-state index in [-0.39, 0.29) is 0 Å². The van der Waals surface area contributed by atoms with Crippen LogP contribution in [-0.4, -0.2) is 24.7 Å². The van der Waals surface area contributed by atoms with Gasteiger partial charge in [-0.05, 0) is 6.92 Å². The number of nitrogens with two attached hydrogens (primary N) is 1. The zero-order chi connectivity index (χ0) is 12.4. The number of hydrogen-bond acceptors (Lipinski definition) is 5. The monoisotopic (exact) mass is 232 g/mol. The zero-order valence-corrected chi connectivity index (χ0v) is 10.3. The first-order chi connectivity index (χ1) is 8.17. The van der Waals surface area contributed by atoms with Gasteiger partial charge in [0.05, 0.1) is 0 Å². The molecule has 0 aliphatic heterocycles. The molecular weight excluding hydrogens is 216 g/mol. The predicted octanol–water partition coefficient (Wildman–Crippen LogP) is 1.07. The Morgan fingerprint density at radius 1 is 1.24 bits per heavy atom. The summed E-state index contributed by atoms with van der Waals surface area (Å²) < 4.78 is 1.76. The molecule has 0 unspecified atom stereocenters. The van der Waals surface area contributed by atoms with Crippen molar-refractivity contribution >= 4 is 5.82 Å². The van der Waals surface area contributed by atoms with E-state index in [9.17, 15) is 0 Å². The number of rotatable bonds is 3. The van der Waals surface area contributed by atoms with E-state index in [4.69, 9.17) is 5.73 Å². The van der Waals surface area contributed by atoms with E-state index in [1.807, 2.05) is 20.8 Å². The van der Waals surface area contributed by atoms with Crippen LogP contribution in [0.25, 0.3) is 5.82 Å². The molecule has 2 rings (SSSR count). The van der Waals surface area contributed by atoms with Gasteiger partial charge in [0, 0.05) is 18.4 Å². The Kier molecular flexibility index (Phi) is 3.03. The summed E-state index contributed by atoms with van der Waals surface area (Å²) in [5, 5.41) is 4.43. The molecular formula is C11H16N6. The summed E-state index contributed by atoms with van der Waals surface area (Å²) >= 11 is 0. The maximum Gasteiger partial charge on any atom is 0.163 e. The number of aryl methyl sites for hydroxylation is 2. The van der Waals surface area contributed by atoms with Crippen molar-refractivity contribution in [3.05, 3.63) is 23.5 Å². The van der Waals surface area contributed by atoms with E-state index in [1.54, 1.807) is 4.68 Å². The second kappa shape index (κ2) is 4.48. The van der Waals surface area contributed by atoms with Crippen LogP contribution in [0.2, 0.25) is 0 Å². The number of nitrogens with zero attached hydrogens (tertiary/aromatic N) is 5. The van der Waals surface area contributed by atoms with Crippen LogP contribution in [-0.2, 0) is 12.8 Å².